The fourth-order valence-corrected chi connectivity index (χ4v) is 2.37. The Labute approximate surface area is 110 Å². The molecule has 1 aliphatic rings. The molecule has 17 heavy (non-hydrogen) atoms. The second-order valence-corrected chi connectivity index (χ2v) is 5.39. The monoisotopic (exact) mass is 299 g/mol. The van der Waals surface area contributed by atoms with Crippen molar-refractivity contribution in [2.24, 2.45) is 0 Å². The SMILES string of the molecule is CN(C)C1CCN(CNc2ncncc2Br)C1. The van der Waals surface area contributed by atoms with Crippen LogP contribution in [0.1, 0.15) is 6.42 Å². The molecule has 0 radical (unpaired) electrons. The van der Waals surface area contributed by atoms with Crippen LogP contribution in [-0.4, -0.2) is 59.7 Å². The Morgan fingerprint density at radius 3 is 3.06 bits per heavy atom. The summed E-state index contributed by atoms with van der Waals surface area (Å²) < 4.78 is 0.906. The van der Waals surface area contributed by atoms with Gasteiger partial charge in [0.2, 0.25) is 0 Å². The summed E-state index contributed by atoms with van der Waals surface area (Å²) in [6.45, 7) is 3.08. The molecule has 1 N–H and O–H groups in total. The van der Waals surface area contributed by atoms with E-state index in [0.29, 0.717) is 6.04 Å². The van der Waals surface area contributed by atoms with Crippen molar-refractivity contribution in [1.29, 1.82) is 0 Å². The van der Waals surface area contributed by atoms with Crippen LogP contribution in [0.4, 0.5) is 5.82 Å². The number of nitrogens with zero attached hydrogens (tertiary/aromatic N) is 4. The highest BCUT2D eigenvalue weighted by Gasteiger charge is 2.23. The molecule has 1 unspecified atom stereocenters. The van der Waals surface area contributed by atoms with Crippen molar-refractivity contribution in [3.63, 3.8) is 0 Å². The zero-order chi connectivity index (χ0) is 12.3. The van der Waals surface area contributed by atoms with Crippen LogP contribution in [0.15, 0.2) is 17.0 Å². The van der Waals surface area contributed by atoms with Gasteiger partial charge in [-0.1, -0.05) is 0 Å². The van der Waals surface area contributed by atoms with E-state index in [4.69, 9.17) is 0 Å². The van der Waals surface area contributed by atoms with Crippen LogP contribution in [0.2, 0.25) is 0 Å². The summed E-state index contributed by atoms with van der Waals surface area (Å²) >= 11 is 3.43. The van der Waals surface area contributed by atoms with Crippen LogP contribution >= 0.6 is 15.9 Å². The van der Waals surface area contributed by atoms with Gasteiger partial charge in [-0.25, -0.2) is 9.97 Å². The lowest BCUT2D eigenvalue weighted by Gasteiger charge is -2.20. The molecule has 6 heteroatoms. The van der Waals surface area contributed by atoms with Crippen molar-refractivity contribution in [2.75, 3.05) is 39.2 Å². The van der Waals surface area contributed by atoms with E-state index in [1.54, 1.807) is 12.5 Å². The molecule has 1 saturated heterocycles. The highest BCUT2D eigenvalue weighted by molar-refractivity contribution is 9.10. The molecular weight excluding hydrogens is 282 g/mol. The molecule has 0 amide bonds. The fraction of sp³-hybridized carbons (Fsp3) is 0.636. The summed E-state index contributed by atoms with van der Waals surface area (Å²) in [6, 6.07) is 0.672. The van der Waals surface area contributed by atoms with Crippen LogP contribution in [0.5, 0.6) is 0 Å². The van der Waals surface area contributed by atoms with Crippen LogP contribution in [0.25, 0.3) is 0 Å². The van der Waals surface area contributed by atoms with Crippen LogP contribution in [0.3, 0.4) is 0 Å². The molecule has 2 heterocycles. The van der Waals surface area contributed by atoms with E-state index in [1.807, 2.05) is 0 Å². The van der Waals surface area contributed by atoms with Crippen molar-refractivity contribution >= 4 is 21.7 Å². The Morgan fingerprint density at radius 2 is 2.41 bits per heavy atom. The maximum atomic E-state index is 4.19. The average Bonchev–Trinajstić information content (AvgIpc) is 2.77. The minimum atomic E-state index is 0.672. The molecule has 0 aromatic carbocycles. The van der Waals surface area contributed by atoms with Crippen LogP contribution in [-0.2, 0) is 0 Å². The second-order valence-electron chi connectivity index (χ2n) is 4.54. The molecule has 1 atom stereocenters. The summed E-state index contributed by atoms with van der Waals surface area (Å²) in [5.74, 6) is 0.855. The lowest BCUT2D eigenvalue weighted by atomic mass is 10.2. The Kier molecular flexibility index (Phi) is 4.31. The average molecular weight is 300 g/mol. The number of halogens is 1. The fourth-order valence-electron chi connectivity index (χ4n) is 2.01. The van der Waals surface area contributed by atoms with Crippen molar-refractivity contribution in [3.8, 4) is 0 Å². The minimum absolute atomic E-state index is 0.672. The van der Waals surface area contributed by atoms with Crippen molar-refractivity contribution in [2.45, 2.75) is 12.5 Å². The number of nitrogens with one attached hydrogen (secondary N) is 1. The molecule has 0 saturated carbocycles. The van der Waals surface area contributed by atoms with E-state index in [0.717, 1.165) is 30.0 Å². The first-order chi connectivity index (χ1) is 8.16. The lowest BCUT2D eigenvalue weighted by molar-refractivity contribution is 0.276. The molecule has 1 aliphatic heterocycles. The number of rotatable bonds is 4. The first-order valence-corrected chi connectivity index (χ1v) is 6.54. The van der Waals surface area contributed by atoms with E-state index < -0.39 is 0 Å². The van der Waals surface area contributed by atoms with Crippen molar-refractivity contribution in [1.82, 2.24) is 19.8 Å². The maximum Gasteiger partial charge on any atom is 0.144 e. The number of hydrogen-bond acceptors (Lipinski definition) is 5. The minimum Gasteiger partial charge on any atom is -0.356 e. The Bertz CT molecular complexity index is 371. The Morgan fingerprint density at radius 1 is 1.59 bits per heavy atom. The Hall–Kier alpha value is -0.720. The highest BCUT2D eigenvalue weighted by Crippen LogP contribution is 2.18. The molecule has 5 nitrogen and oxygen atoms in total. The quantitative estimate of drug-likeness (QED) is 0.906. The summed E-state index contributed by atoms with van der Waals surface area (Å²) in [5, 5.41) is 3.32. The zero-order valence-corrected chi connectivity index (χ0v) is 11.8. The molecule has 1 fully saturated rings. The number of aromatic nitrogens is 2. The summed E-state index contributed by atoms with van der Waals surface area (Å²) in [5.41, 5.74) is 0. The van der Waals surface area contributed by atoms with Gasteiger partial charge in [-0.2, -0.15) is 0 Å². The summed E-state index contributed by atoms with van der Waals surface area (Å²) in [6.07, 6.45) is 4.54. The Balaban J connectivity index is 1.82. The smallest absolute Gasteiger partial charge is 0.144 e. The van der Waals surface area contributed by atoms with E-state index in [-0.39, 0.29) is 0 Å². The predicted octanol–water partition coefficient (Wildman–Crippen LogP) is 1.24. The molecular formula is C11H18BrN5. The molecule has 0 bridgehead atoms. The van der Waals surface area contributed by atoms with Gasteiger partial charge in [0.1, 0.15) is 12.1 Å². The van der Waals surface area contributed by atoms with E-state index >= 15 is 0 Å². The van der Waals surface area contributed by atoms with Crippen molar-refractivity contribution in [3.05, 3.63) is 17.0 Å². The van der Waals surface area contributed by atoms with Crippen LogP contribution < -0.4 is 5.32 Å². The third-order valence-corrected chi connectivity index (χ3v) is 3.70. The first-order valence-electron chi connectivity index (χ1n) is 5.75. The normalized spacial score (nSPS) is 21.1. The lowest BCUT2D eigenvalue weighted by Crippen LogP contribution is -2.33. The van der Waals surface area contributed by atoms with Gasteiger partial charge in [-0.15, -0.1) is 0 Å². The van der Waals surface area contributed by atoms with Gasteiger partial charge >= 0.3 is 0 Å². The standard InChI is InChI=1S/C11H18BrN5/c1-16(2)9-3-4-17(6-9)8-15-11-10(12)5-13-7-14-11/h5,7,9H,3-4,6,8H2,1-2H3,(H,13,14,15). The summed E-state index contributed by atoms with van der Waals surface area (Å²) in [7, 11) is 4.28. The largest absolute Gasteiger partial charge is 0.356 e. The maximum absolute atomic E-state index is 4.19. The van der Waals surface area contributed by atoms with Gasteiger partial charge in [0.05, 0.1) is 11.1 Å². The van der Waals surface area contributed by atoms with Gasteiger partial charge in [0.25, 0.3) is 0 Å². The topological polar surface area (TPSA) is 44.3 Å². The van der Waals surface area contributed by atoms with E-state index in [2.05, 4.69) is 55.1 Å². The third-order valence-electron chi connectivity index (χ3n) is 3.12. The third kappa shape index (κ3) is 3.37. The molecule has 2 rings (SSSR count). The van der Waals surface area contributed by atoms with Gasteiger partial charge in [0, 0.05) is 25.3 Å². The number of likely N-dealkylation sites (tertiary alicyclic amines) is 1. The number of likely N-dealkylation sites (N-methyl/N-ethyl adjacent to an activating group) is 1. The second kappa shape index (κ2) is 5.75. The van der Waals surface area contributed by atoms with Crippen LogP contribution in [0, 0.1) is 0 Å². The molecule has 1 aromatic rings. The van der Waals surface area contributed by atoms with E-state index in [9.17, 15) is 0 Å². The molecule has 0 aliphatic carbocycles. The molecule has 94 valence electrons. The molecule has 1 aromatic heterocycles. The number of anilines is 1. The highest BCUT2D eigenvalue weighted by atomic mass is 79.9. The summed E-state index contributed by atoms with van der Waals surface area (Å²) in [4.78, 5) is 12.8. The molecule has 0 spiro atoms. The van der Waals surface area contributed by atoms with Gasteiger partial charge < -0.3 is 10.2 Å². The first kappa shape index (κ1) is 12.7. The van der Waals surface area contributed by atoms with E-state index in [1.165, 1.54) is 6.42 Å². The van der Waals surface area contributed by atoms with Gasteiger partial charge in [-0.05, 0) is 36.4 Å². The van der Waals surface area contributed by atoms with Gasteiger partial charge in [-0.3, -0.25) is 4.90 Å². The number of hydrogen-bond donors (Lipinski definition) is 1. The zero-order valence-electron chi connectivity index (χ0n) is 10.2. The van der Waals surface area contributed by atoms with Gasteiger partial charge in [0.15, 0.2) is 0 Å². The predicted molar refractivity (Wildman–Crippen MR) is 71.9 cm³/mol. The van der Waals surface area contributed by atoms with Crippen molar-refractivity contribution < 1.29 is 0 Å².